The van der Waals surface area contributed by atoms with Crippen LogP contribution in [0.15, 0.2) is 56.9 Å². The monoisotopic (exact) mass is 482 g/mol. The van der Waals surface area contributed by atoms with Crippen LogP contribution in [0.5, 0.6) is 0 Å². The predicted octanol–water partition coefficient (Wildman–Crippen LogP) is 3.58. The standard InChI is InChI=1S/C23H26N6O4S/c1-15-9-10-18(33-15)21-25-27-29(26-21)14-19(30)28(13-16-7-6-12-34-16)20(17-8-5-11-32-17)22(31)24-23(2,3)4/h5-12,20H,13-14H2,1-4H3,(H,24,31)/t20-/m1/s1. The van der Waals surface area contributed by atoms with Crippen molar-refractivity contribution >= 4 is 23.2 Å². The Balaban J connectivity index is 1.63. The van der Waals surface area contributed by atoms with E-state index in [4.69, 9.17) is 8.83 Å². The second-order valence-electron chi connectivity index (χ2n) is 8.81. The molecule has 1 atom stereocenters. The smallest absolute Gasteiger partial charge is 0.251 e. The van der Waals surface area contributed by atoms with Crippen molar-refractivity contribution in [1.82, 2.24) is 30.4 Å². The van der Waals surface area contributed by atoms with E-state index < -0.39 is 11.6 Å². The van der Waals surface area contributed by atoms with E-state index in [0.29, 0.717) is 11.5 Å². The number of furan rings is 2. The van der Waals surface area contributed by atoms with Crippen molar-refractivity contribution in [1.29, 1.82) is 0 Å². The van der Waals surface area contributed by atoms with Crippen LogP contribution in [0.4, 0.5) is 0 Å². The van der Waals surface area contributed by atoms with Gasteiger partial charge in [-0.1, -0.05) is 6.07 Å². The number of thiophene rings is 1. The number of rotatable bonds is 8. The molecule has 0 radical (unpaired) electrons. The lowest BCUT2D eigenvalue weighted by Crippen LogP contribution is -2.49. The summed E-state index contributed by atoms with van der Waals surface area (Å²) in [5.74, 6) is 1.12. The Labute approximate surface area is 200 Å². The minimum atomic E-state index is -0.973. The fourth-order valence-electron chi connectivity index (χ4n) is 3.38. The number of nitrogens with zero attached hydrogens (tertiary/aromatic N) is 5. The van der Waals surface area contributed by atoms with Gasteiger partial charge < -0.3 is 19.1 Å². The van der Waals surface area contributed by atoms with Gasteiger partial charge in [-0.25, -0.2) is 0 Å². The molecule has 178 valence electrons. The third-order valence-corrected chi connectivity index (χ3v) is 5.65. The maximum Gasteiger partial charge on any atom is 0.251 e. The van der Waals surface area contributed by atoms with E-state index in [1.807, 2.05) is 45.2 Å². The Kier molecular flexibility index (Phi) is 6.64. The molecule has 0 saturated heterocycles. The first-order chi connectivity index (χ1) is 16.2. The van der Waals surface area contributed by atoms with Gasteiger partial charge in [-0.2, -0.15) is 4.80 Å². The first-order valence-electron chi connectivity index (χ1n) is 10.7. The zero-order valence-corrected chi connectivity index (χ0v) is 20.2. The van der Waals surface area contributed by atoms with Crippen molar-refractivity contribution < 1.29 is 18.4 Å². The molecule has 0 aliphatic heterocycles. The average molecular weight is 483 g/mol. The highest BCUT2D eigenvalue weighted by Gasteiger charge is 2.35. The first kappa shape index (κ1) is 23.4. The van der Waals surface area contributed by atoms with Crippen molar-refractivity contribution in [2.45, 2.75) is 52.4 Å². The molecular formula is C23H26N6O4S. The minimum Gasteiger partial charge on any atom is -0.467 e. The van der Waals surface area contributed by atoms with Crippen molar-refractivity contribution in [3.05, 3.63) is 64.4 Å². The number of aromatic nitrogens is 4. The van der Waals surface area contributed by atoms with Crippen molar-refractivity contribution in [3.63, 3.8) is 0 Å². The topological polar surface area (TPSA) is 119 Å². The molecular weight excluding hydrogens is 456 g/mol. The summed E-state index contributed by atoms with van der Waals surface area (Å²) in [5.41, 5.74) is -0.497. The molecule has 4 heterocycles. The Morgan fingerprint density at radius 3 is 2.65 bits per heavy atom. The summed E-state index contributed by atoms with van der Waals surface area (Å²) in [6.45, 7) is 7.47. The van der Waals surface area contributed by atoms with Gasteiger partial charge in [-0.05, 0) is 68.6 Å². The number of nitrogens with one attached hydrogen (secondary N) is 1. The molecule has 0 saturated carbocycles. The van der Waals surface area contributed by atoms with Crippen molar-refractivity contribution in [2.24, 2.45) is 0 Å². The van der Waals surface area contributed by atoms with Crippen molar-refractivity contribution in [3.8, 4) is 11.6 Å². The fraction of sp³-hybridized carbons (Fsp3) is 0.348. The fourth-order valence-corrected chi connectivity index (χ4v) is 4.08. The zero-order chi connectivity index (χ0) is 24.3. The molecule has 0 aromatic carbocycles. The van der Waals surface area contributed by atoms with Crippen LogP contribution in [0.2, 0.25) is 0 Å². The van der Waals surface area contributed by atoms with E-state index in [-0.39, 0.29) is 30.7 Å². The molecule has 34 heavy (non-hydrogen) atoms. The number of carbonyl (C=O) groups excluding carboxylic acids is 2. The van der Waals surface area contributed by atoms with Gasteiger partial charge >= 0.3 is 0 Å². The Bertz CT molecular complexity index is 1240. The average Bonchev–Trinajstić information content (AvgIpc) is 3.55. The molecule has 2 amide bonds. The largest absolute Gasteiger partial charge is 0.467 e. The van der Waals surface area contributed by atoms with Gasteiger partial charge in [0.2, 0.25) is 11.7 Å². The quantitative estimate of drug-likeness (QED) is 0.408. The van der Waals surface area contributed by atoms with E-state index in [2.05, 4.69) is 20.7 Å². The molecule has 0 aliphatic carbocycles. The van der Waals surface area contributed by atoms with Gasteiger partial charge in [-0.15, -0.1) is 21.5 Å². The van der Waals surface area contributed by atoms with E-state index in [1.54, 1.807) is 24.3 Å². The summed E-state index contributed by atoms with van der Waals surface area (Å²) in [6.07, 6.45) is 1.48. The van der Waals surface area contributed by atoms with Gasteiger partial charge in [-0.3, -0.25) is 9.59 Å². The summed E-state index contributed by atoms with van der Waals surface area (Å²) in [6, 6.07) is 9.76. The lowest BCUT2D eigenvalue weighted by atomic mass is 10.1. The summed E-state index contributed by atoms with van der Waals surface area (Å²) in [7, 11) is 0. The number of amides is 2. The number of tetrazole rings is 1. The molecule has 11 heteroatoms. The molecule has 0 aliphatic rings. The molecule has 4 aromatic rings. The number of aryl methyl sites for hydroxylation is 1. The molecule has 0 unspecified atom stereocenters. The van der Waals surface area contributed by atoms with Gasteiger partial charge in [0.05, 0.1) is 12.8 Å². The number of hydrogen-bond donors (Lipinski definition) is 1. The molecule has 4 rings (SSSR count). The summed E-state index contributed by atoms with van der Waals surface area (Å²) in [5, 5.41) is 17.1. The summed E-state index contributed by atoms with van der Waals surface area (Å²) < 4.78 is 11.1. The highest BCUT2D eigenvalue weighted by molar-refractivity contribution is 7.09. The van der Waals surface area contributed by atoms with Crippen LogP contribution in [0, 0.1) is 6.92 Å². The molecule has 0 bridgehead atoms. The van der Waals surface area contributed by atoms with Crippen LogP contribution >= 0.6 is 11.3 Å². The SMILES string of the molecule is Cc1ccc(-c2nnn(CC(=O)N(Cc3cccs3)[C@@H](C(=O)NC(C)(C)C)c3ccco3)n2)o1. The molecule has 4 aromatic heterocycles. The highest BCUT2D eigenvalue weighted by Crippen LogP contribution is 2.27. The Morgan fingerprint density at radius 1 is 1.21 bits per heavy atom. The van der Waals surface area contributed by atoms with E-state index in [0.717, 1.165) is 10.6 Å². The Morgan fingerprint density at radius 2 is 2.03 bits per heavy atom. The first-order valence-corrected chi connectivity index (χ1v) is 11.6. The van der Waals surface area contributed by atoms with Crippen LogP contribution < -0.4 is 5.32 Å². The van der Waals surface area contributed by atoms with Crippen molar-refractivity contribution in [2.75, 3.05) is 0 Å². The third-order valence-electron chi connectivity index (χ3n) is 4.79. The lowest BCUT2D eigenvalue weighted by Gasteiger charge is -2.32. The zero-order valence-electron chi connectivity index (χ0n) is 19.4. The van der Waals surface area contributed by atoms with Crippen LogP contribution in [0.1, 0.15) is 43.2 Å². The van der Waals surface area contributed by atoms with Crippen LogP contribution in [-0.4, -0.2) is 42.5 Å². The highest BCUT2D eigenvalue weighted by atomic mass is 32.1. The number of carbonyl (C=O) groups is 2. The second-order valence-corrected chi connectivity index (χ2v) is 9.84. The van der Waals surface area contributed by atoms with Gasteiger partial charge in [0, 0.05) is 10.4 Å². The van der Waals surface area contributed by atoms with E-state index >= 15 is 0 Å². The summed E-state index contributed by atoms with van der Waals surface area (Å²) >= 11 is 1.50. The Hall–Kier alpha value is -3.73. The summed E-state index contributed by atoms with van der Waals surface area (Å²) in [4.78, 5) is 30.5. The molecule has 1 N–H and O–H groups in total. The molecule has 0 spiro atoms. The van der Waals surface area contributed by atoms with E-state index in [9.17, 15) is 9.59 Å². The molecule has 0 fully saturated rings. The second kappa shape index (κ2) is 9.64. The minimum absolute atomic E-state index is 0.210. The third kappa shape index (κ3) is 5.60. The van der Waals surface area contributed by atoms with Gasteiger partial charge in [0.25, 0.3) is 5.91 Å². The molecule has 10 nitrogen and oxygen atoms in total. The number of hydrogen-bond acceptors (Lipinski definition) is 8. The van der Waals surface area contributed by atoms with E-state index in [1.165, 1.54) is 27.3 Å². The van der Waals surface area contributed by atoms with Gasteiger partial charge in [0.1, 0.15) is 18.1 Å². The van der Waals surface area contributed by atoms with Gasteiger partial charge in [0.15, 0.2) is 11.8 Å². The van der Waals surface area contributed by atoms with Crippen LogP contribution in [0.3, 0.4) is 0 Å². The predicted molar refractivity (Wildman–Crippen MR) is 124 cm³/mol. The maximum absolute atomic E-state index is 13.6. The van der Waals surface area contributed by atoms with Crippen LogP contribution in [0.25, 0.3) is 11.6 Å². The lowest BCUT2D eigenvalue weighted by molar-refractivity contribution is -0.143. The maximum atomic E-state index is 13.6. The van der Waals surface area contributed by atoms with Crippen LogP contribution in [-0.2, 0) is 22.7 Å². The normalized spacial score (nSPS) is 12.5.